The summed E-state index contributed by atoms with van der Waals surface area (Å²) in [6.07, 6.45) is 4.84. The van der Waals surface area contributed by atoms with Gasteiger partial charge >= 0.3 is 0 Å². The number of amides is 1. The summed E-state index contributed by atoms with van der Waals surface area (Å²) in [5, 5.41) is 0. The number of nitrogens with one attached hydrogen (secondary N) is 2. The van der Waals surface area contributed by atoms with E-state index in [2.05, 4.69) is 26.2 Å². The molecule has 1 aromatic rings. The highest BCUT2D eigenvalue weighted by molar-refractivity contribution is 9.10. The zero-order valence-electron chi connectivity index (χ0n) is 10.9. The Morgan fingerprint density at radius 1 is 1.15 bits per heavy atom. The zero-order chi connectivity index (χ0) is 14.6. The van der Waals surface area contributed by atoms with Gasteiger partial charge in [-0.25, -0.2) is 8.42 Å². The minimum Gasteiger partial charge on any atom is -0.277 e. The number of carbonyl (C=O) groups is 1. The van der Waals surface area contributed by atoms with E-state index in [1.54, 1.807) is 18.2 Å². The molecular weight excluding hydrogens is 344 g/mol. The van der Waals surface area contributed by atoms with E-state index in [-0.39, 0.29) is 16.7 Å². The second-order valence-electron chi connectivity index (χ2n) is 4.86. The summed E-state index contributed by atoms with van der Waals surface area (Å²) in [7, 11) is -3.75. The monoisotopic (exact) mass is 360 g/mol. The summed E-state index contributed by atoms with van der Waals surface area (Å²) in [6, 6.07) is 6.46. The molecule has 0 atom stereocenters. The van der Waals surface area contributed by atoms with E-state index < -0.39 is 10.0 Å². The quantitative estimate of drug-likeness (QED) is 0.809. The van der Waals surface area contributed by atoms with Crippen LogP contribution in [0, 0.1) is 5.92 Å². The lowest BCUT2D eigenvalue weighted by molar-refractivity contribution is -0.126. The molecule has 1 amide bonds. The van der Waals surface area contributed by atoms with Crippen LogP contribution in [0.15, 0.2) is 33.6 Å². The summed E-state index contributed by atoms with van der Waals surface area (Å²) < 4.78 is 24.6. The lowest BCUT2D eigenvalue weighted by Crippen LogP contribution is -2.44. The van der Waals surface area contributed by atoms with Crippen molar-refractivity contribution < 1.29 is 13.2 Å². The number of sulfonamides is 1. The minimum absolute atomic E-state index is 0.0920. The van der Waals surface area contributed by atoms with Gasteiger partial charge in [0.1, 0.15) is 0 Å². The summed E-state index contributed by atoms with van der Waals surface area (Å²) >= 11 is 3.18. The molecule has 0 unspecified atom stereocenters. The van der Waals surface area contributed by atoms with Gasteiger partial charge in [0, 0.05) is 10.4 Å². The maximum atomic E-state index is 12.1. The van der Waals surface area contributed by atoms with Crippen LogP contribution in [0.5, 0.6) is 0 Å². The highest BCUT2D eigenvalue weighted by atomic mass is 79.9. The molecule has 0 radical (unpaired) electrons. The molecule has 1 aliphatic carbocycles. The van der Waals surface area contributed by atoms with Crippen LogP contribution in [0.2, 0.25) is 0 Å². The van der Waals surface area contributed by atoms with Crippen molar-refractivity contribution in [3.63, 3.8) is 0 Å². The molecule has 0 bridgehead atoms. The Morgan fingerprint density at radius 3 is 2.45 bits per heavy atom. The van der Waals surface area contributed by atoms with Crippen molar-refractivity contribution in [1.29, 1.82) is 0 Å². The molecule has 0 heterocycles. The summed E-state index contributed by atoms with van der Waals surface area (Å²) in [6.45, 7) is 0. The van der Waals surface area contributed by atoms with E-state index in [1.807, 2.05) is 0 Å². The molecule has 20 heavy (non-hydrogen) atoms. The first-order valence-corrected chi connectivity index (χ1v) is 8.84. The number of benzene rings is 1. The average molecular weight is 361 g/mol. The molecule has 0 aliphatic heterocycles. The Hall–Kier alpha value is -0.920. The highest BCUT2D eigenvalue weighted by Gasteiger charge is 2.23. The zero-order valence-corrected chi connectivity index (χ0v) is 13.3. The molecule has 0 saturated heterocycles. The van der Waals surface area contributed by atoms with Crippen molar-refractivity contribution in [2.24, 2.45) is 5.92 Å². The molecule has 1 aromatic carbocycles. The van der Waals surface area contributed by atoms with Gasteiger partial charge in [-0.1, -0.05) is 31.4 Å². The third-order valence-corrected chi connectivity index (χ3v) is 5.67. The maximum Gasteiger partial charge on any atom is 0.258 e. The van der Waals surface area contributed by atoms with Crippen LogP contribution in [0.4, 0.5) is 0 Å². The van der Waals surface area contributed by atoms with Crippen LogP contribution in [0.25, 0.3) is 0 Å². The topological polar surface area (TPSA) is 75.3 Å². The Morgan fingerprint density at radius 2 is 1.80 bits per heavy atom. The van der Waals surface area contributed by atoms with Crippen molar-refractivity contribution in [2.75, 3.05) is 0 Å². The van der Waals surface area contributed by atoms with Crippen molar-refractivity contribution >= 4 is 31.9 Å². The first-order valence-electron chi connectivity index (χ1n) is 6.57. The van der Waals surface area contributed by atoms with Crippen LogP contribution >= 0.6 is 15.9 Å². The Balaban J connectivity index is 1.99. The van der Waals surface area contributed by atoms with Gasteiger partial charge in [-0.15, -0.1) is 4.83 Å². The van der Waals surface area contributed by atoms with Crippen LogP contribution < -0.4 is 10.3 Å². The molecule has 7 heteroatoms. The van der Waals surface area contributed by atoms with Gasteiger partial charge in [-0.05, 0) is 40.9 Å². The van der Waals surface area contributed by atoms with Gasteiger partial charge in [-0.3, -0.25) is 10.2 Å². The maximum absolute atomic E-state index is 12.1. The molecular formula is C13H17BrN2O3S. The third-order valence-electron chi connectivity index (χ3n) is 3.41. The fraction of sp³-hybridized carbons (Fsp3) is 0.462. The predicted molar refractivity (Wildman–Crippen MR) is 79.2 cm³/mol. The van der Waals surface area contributed by atoms with Gasteiger partial charge in [0.25, 0.3) is 10.0 Å². The smallest absolute Gasteiger partial charge is 0.258 e. The predicted octanol–water partition coefficient (Wildman–Crippen LogP) is 2.34. The van der Waals surface area contributed by atoms with E-state index in [9.17, 15) is 13.2 Å². The first-order chi connectivity index (χ1) is 9.50. The molecule has 110 valence electrons. The first kappa shape index (κ1) is 15.5. The highest BCUT2D eigenvalue weighted by Crippen LogP contribution is 2.24. The summed E-state index contributed by atoms with van der Waals surface area (Å²) in [5.74, 6) is -0.342. The molecule has 0 spiro atoms. The number of halogens is 1. The second-order valence-corrected chi connectivity index (χ2v) is 7.37. The standard InChI is InChI=1S/C13H17BrN2O3S/c14-11-8-4-5-9-12(11)20(18,19)16-15-13(17)10-6-2-1-3-7-10/h4-5,8-10,16H,1-3,6-7H2,(H,15,17). The molecule has 1 aliphatic rings. The number of hydrazine groups is 1. The second kappa shape index (κ2) is 6.69. The average Bonchev–Trinajstić information content (AvgIpc) is 2.46. The van der Waals surface area contributed by atoms with Gasteiger partial charge in [0.2, 0.25) is 5.91 Å². The van der Waals surface area contributed by atoms with Crippen LogP contribution in [-0.2, 0) is 14.8 Å². The van der Waals surface area contributed by atoms with Crippen LogP contribution in [0.3, 0.4) is 0 Å². The lowest BCUT2D eigenvalue weighted by Gasteiger charge is -2.20. The van der Waals surface area contributed by atoms with Crippen LogP contribution in [0.1, 0.15) is 32.1 Å². The SMILES string of the molecule is O=C(NNS(=O)(=O)c1ccccc1Br)C1CCCCC1. The molecule has 0 aromatic heterocycles. The van der Waals surface area contributed by atoms with E-state index in [0.29, 0.717) is 4.47 Å². The van der Waals surface area contributed by atoms with Crippen molar-refractivity contribution in [1.82, 2.24) is 10.3 Å². The third kappa shape index (κ3) is 3.80. The van der Waals surface area contributed by atoms with Crippen molar-refractivity contribution in [3.8, 4) is 0 Å². The van der Waals surface area contributed by atoms with E-state index in [4.69, 9.17) is 0 Å². The van der Waals surface area contributed by atoms with E-state index >= 15 is 0 Å². The fourth-order valence-corrected chi connectivity index (χ4v) is 4.15. The number of hydrogen-bond donors (Lipinski definition) is 2. The number of rotatable bonds is 4. The number of hydrogen-bond acceptors (Lipinski definition) is 3. The summed E-state index contributed by atoms with van der Waals surface area (Å²) in [5.41, 5.74) is 2.32. The van der Waals surface area contributed by atoms with E-state index in [0.717, 1.165) is 32.1 Å². The number of carbonyl (C=O) groups excluding carboxylic acids is 1. The molecule has 2 N–H and O–H groups in total. The lowest BCUT2D eigenvalue weighted by atomic mass is 9.89. The van der Waals surface area contributed by atoms with Gasteiger partial charge < -0.3 is 0 Å². The molecule has 5 nitrogen and oxygen atoms in total. The largest absolute Gasteiger partial charge is 0.277 e. The molecule has 1 fully saturated rings. The Bertz CT molecular complexity index is 583. The van der Waals surface area contributed by atoms with Gasteiger partial charge in [-0.2, -0.15) is 0 Å². The Kier molecular flexibility index (Phi) is 5.17. The van der Waals surface area contributed by atoms with Gasteiger partial charge in [0.15, 0.2) is 0 Å². The minimum atomic E-state index is -3.75. The van der Waals surface area contributed by atoms with E-state index in [1.165, 1.54) is 6.07 Å². The Labute approximate surface area is 127 Å². The normalized spacial score (nSPS) is 16.9. The van der Waals surface area contributed by atoms with Crippen molar-refractivity contribution in [2.45, 2.75) is 37.0 Å². The molecule has 1 saturated carbocycles. The molecule has 2 rings (SSSR count). The van der Waals surface area contributed by atoms with Gasteiger partial charge in [0.05, 0.1) is 4.90 Å². The summed E-state index contributed by atoms with van der Waals surface area (Å²) in [4.78, 5) is 14.2. The fourth-order valence-electron chi connectivity index (χ4n) is 2.30. The van der Waals surface area contributed by atoms with Crippen molar-refractivity contribution in [3.05, 3.63) is 28.7 Å². The van der Waals surface area contributed by atoms with Crippen LogP contribution in [-0.4, -0.2) is 14.3 Å².